The standard InChI is InChI=1S/C75H60N2/c1-3-21-56(22-4-2)76(57-23-7-5-8-24-57)59-44-37-52(38-45-59)53-39-46-60(47-40-53)77(58-25-9-6-10-26-58)61-48-41-54(42-49-61)55-43-50-65-64-29-13-16-32-68(64)75(73(65)51-55)71-35-19-17-33-69(71)74(70-34-18-20-36-72(70)75)66-30-14-11-27-62(66)63-28-12-15-31-67(63)74/h3-4,6-7,9-10,13-26,29-51H,1,5,8,11-12,27-28H2,2H3/b22-4-,56-21+. The smallest absolute Gasteiger partial charge is 0.0720 e. The molecule has 0 unspecified atom stereocenters. The van der Waals surface area contributed by atoms with Crippen molar-refractivity contribution in [3.8, 4) is 33.4 Å². The summed E-state index contributed by atoms with van der Waals surface area (Å²) in [6, 6.07) is 73.4. The fourth-order valence-corrected chi connectivity index (χ4v) is 14.1. The third kappa shape index (κ3) is 7.15. The lowest BCUT2D eigenvalue weighted by atomic mass is 9.51. The van der Waals surface area contributed by atoms with E-state index in [0.717, 1.165) is 67.0 Å². The van der Waals surface area contributed by atoms with Crippen LogP contribution in [0.4, 0.5) is 22.7 Å². The molecule has 0 N–H and O–H groups in total. The third-order valence-electron chi connectivity index (χ3n) is 17.2. The molecule has 8 aromatic carbocycles. The number of fused-ring (bicyclic) bond motifs is 14. The Kier molecular flexibility index (Phi) is 11.5. The topological polar surface area (TPSA) is 6.48 Å². The summed E-state index contributed by atoms with van der Waals surface area (Å²) in [6.07, 6.45) is 31.3. The zero-order valence-electron chi connectivity index (χ0n) is 43.7. The molecule has 0 heterocycles. The fourth-order valence-electron chi connectivity index (χ4n) is 14.1. The molecule has 0 saturated heterocycles. The van der Waals surface area contributed by atoms with Gasteiger partial charge in [-0.15, -0.1) is 0 Å². The van der Waals surface area contributed by atoms with Gasteiger partial charge in [0.15, 0.2) is 0 Å². The van der Waals surface area contributed by atoms with Crippen LogP contribution in [0, 0.1) is 0 Å². The summed E-state index contributed by atoms with van der Waals surface area (Å²) in [5, 5.41) is 0. The molecule has 6 aliphatic rings. The van der Waals surface area contributed by atoms with Gasteiger partial charge in [-0.05, 0) is 207 Å². The molecule has 0 atom stereocenters. The number of para-hydroxylation sites is 1. The highest BCUT2D eigenvalue weighted by atomic mass is 15.2. The molecular formula is C75H60N2. The van der Waals surface area contributed by atoms with Crippen LogP contribution in [0.2, 0.25) is 0 Å². The number of benzene rings is 8. The number of anilines is 4. The molecule has 2 spiro atoms. The van der Waals surface area contributed by atoms with E-state index >= 15 is 0 Å². The molecule has 0 amide bonds. The van der Waals surface area contributed by atoms with Crippen LogP contribution in [0.3, 0.4) is 0 Å². The minimum absolute atomic E-state index is 0.370. The highest BCUT2D eigenvalue weighted by Gasteiger charge is 2.59. The zero-order valence-corrected chi connectivity index (χ0v) is 43.7. The maximum absolute atomic E-state index is 4.02. The van der Waals surface area contributed by atoms with E-state index in [-0.39, 0.29) is 5.41 Å². The Labute approximate surface area is 454 Å². The van der Waals surface area contributed by atoms with Crippen LogP contribution in [0.15, 0.2) is 301 Å². The number of hydrogen-bond acceptors (Lipinski definition) is 2. The lowest BCUT2D eigenvalue weighted by molar-refractivity contribution is 0.623. The van der Waals surface area contributed by atoms with Crippen molar-refractivity contribution in [1.29, 1.82) is 0 Å². The average molecular weight is 989 g/mol. The summed E-state index contributed by atoms with van der Waals surface area (Å²) in [4.78, 5) is 4.68. The van der Waals surface area contributed by atoms with Gasteiger partial charge in [-0.25, -0.2) is 0 Å². The van der Waals surface area contributed by atoms with E-state index in [2.05, 4.69) is 278 Å². The van der Waals surface area contributed by atoms with Gasteiger partial charge in [-0.1, -0.05) is 195 Å². The van der Waals surface area contributed by atoms with Crippen LogP contribution < -0.4 is 9.80 Å². The number of hydrogen-bond donors (Lipinski definition) is 0. The van der Waals surface area contributed by atoms with E-state index in [1.165, 1.54) is 83.6 Å². The molecule has 0 radical (unpaired) electrons. The quantitative estimate of drug-likeness (QED) is 0.126. The molecule has 8 aromatic rings. The summed E-state index contributed by atoms with van der Waals surface area (Å²) >= 11 is 0. The Balaban J connectivity index is 0.835. The number of nitrogens with zero attached hydrogens (tertiary/aromatic N) is 2. The van der Waals surface area contributed by atoms with Crippen LogP contribution in [0.25, 0.3) is 33.4 Å². The van der Waals surface area contributed by atoms with Crippen LogP contribution in [0.5, 0.6) is 0 Å². The van der Waals surface area contributed by atoms with Crippen LogP contribution >= 0.6 is 0 Å². The molecular weight excluding hydrogens is 929 g/mol. The zero-order chi connectivity index (χ0) is 51.5. The molecule has 14 rings (SSSR count). The van der Waals surface area contributed by atoms with E-state index in [1.807, 2.05) is 6.08 Å². The molecule has 2 nitrogen and oxygen atoms in total. The maximum Gasteiger partial charge on any atom is 0.0720 e. The van der Waals surface area contributed by atoms with Gasteiger partial charge in [0.2, 0.25) is 0 Å². The SMILES string of the molecule is C=C/C=C(\C=C/C)N(C1=CCCC=C1)c1ccc(-c2ccc(N(c3ccccc3)c3ccc(-c4ccc5c(c4)C4(c6ccccc6-5)c5ccccc5C5(C6=C(CCC=C6)C6=C5C=CCC6)c5ccccc54)cc3)cc2)cc1. The Morgan fingerprint density at radius 3 is 1.48 bits per heavy atom. The van der Waals surface area contributed by atoms with Gasteiger partial charge in [-0.3, -0.25) is 0 Å². The van der Waals surface area contributed by atoms with Gasteiger partial charge in [0, 0.05) is 34.1 Å². The van der Waals surface area contributed by atoms with Crippen LogP contribution in [-0.2, 0) is 10.8 Å². The van der Waals surface area contributed by atoms with Crippen molar-refractivity contribution in [2.24, 2.45) is 0 Å². The van der Waals surface area contributed by atoms with Gasteiger partial charge in [0.1, 0.15) is 0 Å². The average Bonchev–Trinajstić information content (AvgIpc) is 3.44. The van der Waals surface area contributed by atoms with Gasteiger partial charge in [-0.2, -0.15) is 0 Å². The van der Waals surface area contributed by atoms with E-state index < -0.39 is 5.41 Å². The van der Waals surface area contributed by atoms with Gasteiger partial charge in [0.25, 0.3) is 0 Å². The summed E-state index contributed by atoms with van der Waals surface area (Å²) in [6.45, 7) is 6.08. The first kappa shape index (κ1) is 46.5. The summed E-state index contributed by atoms with van der Waals surface area (Å²) in [7, 11) is 0. The minimum atomic E-state index is -0.511. The second-order valence-electron chi connectivity index (χ2n) is 21.1. The predicted octanol–water partition coefficient (Wildman–Crippen LogP) is 19.4. The Morgan fingerprint density at radius 1 is 0.442 bits per heavy atom. The van der Waals surface area contributed by atoms with E-state index in [1.54, 1.807) is 11.1 Å². The Morgan fingerprint density at radius 2 is 0.922 bits per heavy atom. The van der Waals surface area contributed by atoms with Crippen molar-refractivity contribution in [2.45, 2.75) is 56.3 Å². The molecule has 0 fully saturated rings. The molecule has 0 saturated carbocycles. The van der Waals surface area contributed by atoms with Crippen LogP contribution in [-0.4, -0.2) is 0 Å². The Bertz CT molecular complexity index is 3830. The van der Waals surface area contributed by atoms with Gasteiger partial charge in [0.05, 0.1) is 10.8 Å². The van der Waals surface area contributed by atoms with Crippen molar-refractivity contribution in [2.75, 3.05) is 9.80 Å². The highest BCUT2D eigenvalue weighted by molar-refractivity contribution is 5.93. The molecule has 77 heavy (non-hydrogen) atoms. The first-order valence-corrected chi connectivity index (χ1v) is 27.7. The second kappa shape index (κ2) is 19.0. The first-order chi connectivity index (χ1) is 38.1. The molecule has 2 heteroatoms. The van der Waals surface area contributed by atoms with E-state index in [0.29, 0.717) is 0 Å². The van der Waals surface area contributed by atoms with Crippen molar-refractivity contribution in [3.05, 3.63) is 335 Å². The van der Waals surface area contributed by atoms with Crippen molar-refractivity contribution in [3.63, 3.8) is 0 Å². The normalized spacial score (nSPS) is 16.9. The summed E-state index contributed by atoms with van der Waals surface area (Å²) in [5.41, 5.74) is 27.7. The number of rotatable bonds is 10. The number of allylic oxidation sites excluding steroid dienone is 15. The highest BCUT2D eigenvalue weighted by Crippen LogP contribution is 2.68. The Hall–Kier alpha value is -8.98. The van der Waals surface area contributed by atoms with Crippen LogP contribution in [0.1, 0.15) is 78.8 Å². The van der Waals surface area contributed by atoms with Crippen molar-refractivity contribution < 1.29 is 0 Å². The molecule has 0 aromatic heterocycles. The second-order valence-corrected chi connectivity index (χ2v) is 21.1. The molecule has 0 bridgehead atoms. The van der Waals surface area contributed by atoms with Gasteiger partial charge >= 0.3 is 0 Å². The summed E-state index contributed by atoms with van der Waals surface area (Å²) < 4.78 is 0. The monoisotopic (exact) mass is 988 g/mol. The first-order valence-electron chi connectivity index (χ1n) is 27.7. The van der Waals surface area contributed by atoms with Gasteiger partial charge < -0.3 is 9.80 Å². The predicted molar refractivity (Wildman–Crippen MR) is 323 cm³/mol. The molecule has 6 aliphatic carbocycles. The third-order valence-corrected chi connectivity index (χ3v) is 17.2. The van der Waals surface area contributed by atoms with E-state index in [9.17, 15) is 0 Å². The lowest BCUT2D eigenvalue weighted by Gasteiger charge is -2.50. The van der Waals surface area contributed by atoms with Crippen molar-refractivity contribution in [1.82, 2.24) is 0 Å². The molecule has 0 aliphatic heterocycles. The summed E-state index contributed by atoms with van der Waals surface area (Å²) in [5.74, 6) is 0. The lowest BCUT2D eigenvalue weighted by Crippen LogP contribution is -2.44. The van der Waals surface area contributed by atoms with Crippen molar-refractivity contribution >= 4 is 22.7 Å². The molecule has 370 valence electrons. The van der Waals surface area contributed by atoms with E-state index in [4.69, 9.17) is 0 Å². The largest absolute Gasteiger partial charge is 0.311 e. The minimum Gasteiger partial charge on any atom is -0.311 e. The fraction of sp³-hybridized carbons (Fsp3) is 0.120. The maximum atomic E-state index is 4.02.